The zero-order valence-electron chi connectivity index (χ0n) is 14.1. The van der Waals surface area contributed by atoms with Gasteiger partial charge in [0.1, 0.15) is 12.4 Å². The zero-order chi connectivity index (χ0) is 15.9. The Morgan fingerprint density at radius 1 is 0.955 bits per heavy atom. The van der Waals surface area contributed by atoms with Gasteiger partial charge in [0.05, 0.1) is 0 Å². The first-order valence-corrected chi connectivity index (χ1v) is 8.70. The first-order valence-electron chi connectivity index (χ1n) is 8.70. The molecule has 22 heavy (non-hydrogen) atoms. The molecule has 0 atom stereocenters. The topological polar surface area (TPSA) is 59.3 Å². The highest BCUT2D eigenvalue weighted by molar-refractivity contribution is 5.28. The third-order valence-electron chi connectivity index (χ3n) is 3.60. The molecule has 0 unspecified atom stereocenters. The Hall–Kier alpha value is -1.10. The molecule has 126 valence electrons. The molecular formula is C18H33N3O. The van der Waals surface area contributed by atoms with E-state index in [0.29, 0.717) is 13.2 Å². The van der Waals surface area contributed by atoms with Crippen molar-refractivity contribution in [3.8, 4) is 5.75 Å². The minimum Gasteiger partial charge on any atom is -0.492 e. The lowest BCUT2D eigenvalue weighted by atomic mass is 10.2. The minimum absolute atomic E-state index is 0.558. The largest absolute Gasteiger partial charge is 0.492 e. The summed E-state index contributed by atoms with van der Waals surface area (Å²) in [5.74, 6) is 0.905. The Morgan fingerprint density at radius 3 is 2.41 bits per heavy atom. The third kappa shape index (κ3) is 9.77. The lowest BCUT2D eigenvalue weighted by molar-refractivity contribution is 0.313. The highest BCUT2D eigenvalue weighted by atomic mass is 16.5. The number of unbranched alkanes of at least 4 members (excludes halogenated alkanes) is 3. The van der Waals surface area contributed by atoms with Crippen LogP contribution in [0.5, 0.6) is 5.75 Å². The fourth-order valence-corrected chi connectivity index (χ4v) is 2.23. The number of ether oxygens (including phenoxy) is 1. The first-order chi connectivity index (χ1) is 10.9. The molecule has 0 bridgehead atoms. The molecule has 4 heteroatoms. The molecular weight excluding hydrogens is 274 g/mol. The standard InChI is InChI=1S/C18H33N3O/c1-2-3-10-20-11-5-4-6-12-21-13-14-22-18-9-7-8-17(15-18)16-19/h7-9,15,20-21H,2-6,10-14,16,19H2,1H3. The van der Waals surface area contributed by atoms with Gasteiger partial charge in [-0.2, -0.15) is 0 Å². The van der Waals surface area contributed by atoms with Crippen LogP contribution >= 0.6 is 0 Å². The number of nitrogens with two attached hydrogens (primary N) is 1. The molecule has 0 heterocycles. The maximum Gasteiger partial charge on any atom is 0.119 e. The van der Waals surface area contributed by atoms with Gasteiger partial charge in [0.25, 0.3) is 0 Å². The van der Waals surface area contributed by atoms with Crippen molar-refractivity contribution in [2.75, 3.05) is 32.8 Å². The van der Waals surface area contributed by atoms with Gasteiger partial charge in [-0.3, -0.25) is 0 Å². The second kappa shape index (κ2) is 13.6. The van der Waals surface area contributed by atoms with Crippen LogP contribution in [0, 0.1) is 0 Å². The van der Waals surface area contributed by atoms with Crippen molar-refractivity contribution in [1.82, 2.24) is 10.6 Å². The van der Waals surface area contributed by atoms with Crippen LogP contribution < -0.4 is 21.1 Å². The van der Waals surface area contributed by atoms with Crippen LogP contribution in [0.25, 0.3) is 0 Å². The van der Waals surface area contributed by atoms with Crippen LogP contribution in [0.4, 0.5) is 0 Å². The van der Waals surface area contributed by atoms with Crippen LogP contribution in [0.2, 0.25) is 0 Å². The molecule has 1 aromatic rings. The Labute approximate surface area is 135 Å². The van der Waals surface area contributed by atoms with E-state index in [9.17, 15) is 0 Å². The van der Waals surface area contributed by atoms with Gasteiger partial charge >= 0.3 is 0 Å². The smallest absolute Gasteiger partial charge is 0.119 e. The minimum atomic E-state index is 0.558. The van der Waals surface area contributed by atoms with Gasteiger partial charge in [-0.05, 0) is 56.6 Å². The Morgan fingerprint density at radius 2 is 1.68 bits per heavy atom. The SMILES string of the molecule is CCCCNCCCCCNCCOc1cccc(CN)c1. The van der Waals surface area contributed by atoms with Gasteiger partial charge in [0.15, 0.2) is 0 Å². The van der Waals surface area contributed by atoms with E-state index in [-0.39, 0.29) is 0 Å². The van der Waals surface area contributed by atoms with Crippen molar-refractivity contribution in [3.05, 3.63) is 29.8 Å². The molecule has 0 radical (unpaired) electrons. The average Bonchev–Trinajstić information content (AvgIpc) is 2.56. The molecule has 4 nitrogen and oxygen atoms in total. The maximum absolute atomic E-state index is 5.70. The van der Waals surface area contributed by atoms with Crippen LogP contribution in [0.1, 0.15) is 44.6 Å². The average molecular weight is 307 g/mol. The van der Waals surface area contributed by atoms with Gasteiger partial charge < -0.3 is 21.1 Å². The summed E-state index contributed by atoms with van der Waals surface area (Å²) >= 11 is 0. The van der Waals surface area contributed by atoms with Crippen LogP contribution in [0.3, 0.4) is 0 Å². The molecule has 0 saturated carbocycles. The molecule has 0 aliphatic carbocycles. The highest BCUT2D eigenvalue weighted by Gasteiger charge is 1.96. The summed E-state index contributed by atoms with van der Waals surface area (Å²) < 4.78 is 5.70. The molecule has 0 spiro atoms. The number of benzene rings is 1. The zero-order valence-corrected chi connectivity index (χ0v) is 14.1. The van der Waals surface area contributed by atoms with Crippen LogP contribution in [-0.2, 0) is 6.54 Å². The fourth-order valence-electron chi connectivity index (χ4n) is 2.23. The van der Waals surface area contributed by atoms with Gasteiger partial charge in [-0.1, -0.05) is 31.9 Å². The Balaban J connectivity index is 1.87. The van der Waals surface area contributed by atoms with Crippen molar-refractivity contribution in [3.63, 3.8) is 0 Å². The number of hydrogen-bond donors (Lipinski definition) is 3. The fraction of sp³-hybridized carbons (Fsp3) is 0.667. The van der Waals surface area contributed by atoms with Gasteiger partial charge in [0, 0.05) is 13.1 Å². The third-order valence-corrected chi connectivity index (χ3v) is 3.60. The molecule has 0 saturated heterocycles. The summed E-state index contributed by atoms with van der Waals surface area (Å²) in [6.07, 6.45) is 6.35. The monoisotopic (exact) mass is 307 g/mol. The highest BCUT2D eigenvalue weighted by Crippen LogP contribution is 2.12. The van der Waals surface area contributed by atoms with Crippen molar-refractivity contribution in [2.45, 2.75) is 45.6 Å². The molecule has 1 aromatic carbocycles. The molecule has 0 aliphatic rings. The summed E-state index contributed by atoms with van der Waals surface area (Å²) in [6.45, 7) is 7.77. The molecule has 0 amide bonds. The van der Waals surface area contributed by atoms with E-state index in [1.165, 1.54) is 32.1 Å². The van der Waals surface area contributed by atoms with Gasteiger partial charge in [-0.15, -0.1) is 0 Å². The summed E-state index contributed by atoms with van der Waals surface area (Å²) in [7, 11) is 0. The van der Waals surface area contributed by atoms with Crippen molar-refractivity contribution in [1.29, 1.82) is 0 Å². The van der Waals surface area contributed by atoms with E-state index in [1.807, 2.05) is 24.3 Å². The molecule has 1 rings (SSSR count). The summed E-state index contributed by atoms with van der Waals surface area (Å²) in [5.41, 5.74) is 6.72. The number of nitrogens with one attached hydrogen (secondary N) is 2. The summed E-state index contributed by atoms with van der Waals surface area (Å²) in [4.78, 5) is 0. The predicted molar refractivity (Wildman–Crippen MR) is 94.3 cm³/mol. The maximum atomic E-state index is 5.70. The van der Waals surface area contributed by atoms with Crippen LogP contribution in [-0.4, -0.2) is 32.8 Å². The van der Waals surface area contributed by atoms with Crippen molar-refractivity contribution >= 4 is 0 Å². The number of rotatable bonds is 14. The lowest BCUT2D eigenvalue weighted by Crippen LogP contribution is -2.22. The van der Waals surface area contributed by atoms with E-state index in [2.05, 4.69) is 17.6 Å². The van der Waals surface area contributed by atoms with E-state index >= 15 is 0 Å². The summed E-state index contributed by atoms with van der Waals surface area (Å²) in [5, 5.41) is 6.90. The van der Waals surface area contributed by atoms with E-state index in [1.54, 1.807) is 0 Å². The van der Waals surface area contributed by atoms with E-state index < -0.39 is 0 Å². The van der Waals surface area contributed by atoms with Gasteiger partial charge in [-0.25, -0.2) is 0 Å². The van der Waals surface area contributed by atoms with Gasteiger partial charge in [0.2, 0.25) is 0 Å². The summed E-state index contributed by atoms with van der Waals surface area (Å²) in [6, 6.07) is 7.98. The molecule has 4 N–H and O–H groups in total. The van der Waals surface area contributed by atoms with E-state index in [4.69, 9.17) is 10.5 Å². The van der Waals surface area contributed by atoms with Crippen LogP contribution in [0.15, 0.2) is 24.3 Å². The molecule has 0 aliphatic heterocycles. The Bertz CT molecular complexity index is 371. The second-order valence-corrected chi connectivity index (χ2v) is 5.61. The quantitative estimate of drug-likeness (QED) is 0.463. The van der Waals surface area contributed by atoms with Crippen molar-refractivity contribution in [2.24, 2.45) is 5.73 Å². The molecule has 0 fully saturated rings. The number of hydrogen-bond acceptors (Lipinski definition) is 4. The van der Waals surface area contributed by atoms with E-state index in [0.717, 1.165) is 37.5 Å². The second-order valence-electron chi connectivity index (χ2n) is 5.61. The first kappa shape index (κ1) is 18.9. The predicted octanol–water partition coefficient (Wildman–Crippen LogP) is 2.67. The normalized spacial score (nSPS) is 10.8. The lowest BCUT2D eigenvalue weighted by Gasteiger charge is -2.08. The molecule has 0 aromatic heterocycles. The van der Waals surface area contributed by atoms with Crippen molar-refractivity contribution < 1.29 is 4.74 Å². The Kier molecular flexibility index (Phi) is 11.7.